The molecule has 0 fully saturated rings. The summed E-state index contributed by atoms with van der Waals surface area (Å²) < 4.78 is 0. The van der Waals surface area contributed by atoms with Crippen molar-refractivity contribution in [1.82, 2.24) is 19.9 Å². The SMILES string of the molecule is CC(C)c1nc(-c2ccccc2)nc(-c2ccncc2)n1. The summed E-state index contributed by atoms with van der Waals surface area (Å²) in [7, 11) is 0. The standard InChI is InChI=1S/C17H16N4/c1-12(2)15-19-16(13-6-4-3-5-7-13)21-17(20-15)14-8-10-18-11-9-14/h3-12H,1-2H3. The molecule has 2 aromatic heterocycles. The van der Waals surface area contributed by atoms with Gasteiger partial charge in [-0.2, -0.15) is 0 Å². The molecule has 0 radical (unpaired) electrons. The predicted molar refractivity (Wildman–Crippen MR) is 82.6 cm³/mol. The zero-order chi connectivity index (χ0) is 14.7. The van der Waals surface area contributed by atoms with Crippen molar-refractivity contribution in [2.24, 2.45) is 0 Å². The topological polar surface area (TPSA) is 51.6 Å². The fraction of sp³-hybridized carbons (Fsp3) is 0.176. The summed E-state index contributed by atoms with van der Waals surface area (Å²) in [4.78, 5) is 17.8. The minimum absolute atomic E-state index is 0.246. The van der Waals surface area contributed by atoms with E-state index in [9.17, 15) is 0 Å². The van der Waals surface area contributed by atoms with Gasteiger partial charge in [-0.1, -0.05) is 44.2 Å². The first kappa shape index (κ1) is 13.4. The Morgan fingerprint density at radius 3 is 1.86 bits per heavy atom. The Labute approximate surface area is 124 Å². The first-order chi connectivity index (χ1) is 10.2. The zero-order valence-electron chi connectivity index (χ0n) is 12.1. The zero-order valence-corrected chi connectivity index (χ0v) is 12.1. The molecule has 0 bridgehead atoms. The first-order valence-electron chi connectivity index (χ1n) is 6.96. The average molecular weight is 276 g/mol. The van der Waals surface area contributed by atoms with E-state index >= 15 is 0 Å². The van der Waals surface area contributed by atoms with Gasteiger partial charge in [-0.25, -0.2) is 15.0 Å². The van der Waals surface area contributed by atoms with Crippen molar-refractivity contribution in [3.8, 4) is 22.8 Å². The van der Waals surface area contributed by atoms with Crippen LogP contribution >= 0.6 is 0 Å². The molecule has 4 heteroatoms. The molecule has 0 saturated heterocycles. The number of pyridine rings is 1. The van der Waals surface area contributed by atoms with Crippen LogP contribution in [0.3, 0.4) is 0 Å². The molecule has 3 aromatic rings. The van der Waals surface area contributed by atoms with Gasteiger partial charge in [0.1, 0.15) is 5.82 Å². The van der Waals surface area contributed by atoms with Gasteiger partial charge in [-0.05, 0) is 12.1 Å². The second kappa shape index (κ2) is 5.79. The number of rotatable bonds is 3. The van der Waals surface area contributed by atoms with Crippen molar-refractivity contribution in [2.45, 2.75) is 19.8 Å². The summed E-state index contributed by atoms with van der Waals surface area (Å²) >= 11 is 0. The molecular formula is C17H16N4. The molecule has 0 amide bonds. The van der Waals surface area contributed by atoms with Crippen LogP contribution in [-0.4, -0.2) is 19.9 Å². The highest BCUT2D eigenvalue weighted by atomic mass is 15.0. The van der Waals surface area contributed by atoms with E-state index in [0.29, 0.717) is 11.6 Å². The number of hydrogen-bond donors (Lipinski definition) is 0. The molecule has 21 heavy (non-hydrogen) atoms. The van der Waals surface area contributed by atoms with Gasteiger partial charge in [0, 0.05) is 29.4 Å². The van der Waals surface area contributed by atoms with Crippen LogP contribution in [0.5, 0.6) is 0 Å². The van der Waals surface area contributed by atoms with Gasteiger partial charge in [0.05, 0.1) is 0 Å². The van der Waals surface area contributed by atoms with Crippen LogP contribution in [-0.2, 0) is 0 Å². The maximum absolute atomic E-state index is 4.61. The lowest BCUT2D eigenvalue weighted by Gasteiger charge is -2.09. The third kappa shape index (κ3) is 2.94. The average Bonchev–Trinajstić information content (AvgIpc) is 2.56. The van der Waals surface area contributed by atoms with Gasteiger partial charge in [0.15, 0.2) is 11.6 Å². The number of benzene rings is 1. The van der Waals surface area contributed by atoms with Crippen LogP contribution in [0.2, 0.25) is 0 Å². The van der Waals surface area contributed by atoms with Crippen LogP contribution in [0, 0.1) is 0 Å². The minimum atomic E-state index is 0.246. The minimum Gasteiger partial charge on any atom is -0.265 e. The molecule has 0 saturated carbocycles. The molecule has 2 heterocycles. The van der Waals surface area contributed by atoms with Crippen LogP contribution in [0.15, 0.2) is 54.9 Å². The molecule has 3 rings (SSSR count). The van der Waals surface area contributed by atoms with Crippen molar-refractivity contribution in [3.05, 3.63) is 60.7 Å². The molecule has 0 atom stereocenters. The molecule has 0 aliphatic rings. The maximum atomic E-state index is 4.61. The third-order valence-electron chi connectivity index (χ3n) is 3.14. The van der Waals surface area contributed by atoms with Crippen LogP contribution in [0.25, 0.3) is 22.8 Å². The Bertz CT molecular complexity index is 667. The van der Waals surface area contributed by atoms with Gasteiger partial charge >= 0.3 is 0 Å². The smallest absolute Gasteiger partial charge is 0.163 e. The van der Waals surface area contributed by atoms with Crippen molar-refractivity contribution >= 4 is 0 Å². The summed E-state index contributed by atoms with van der Waals surface area (Å²) in [6.07, 6.45) is 3.49. The van der Waals surface area contributed by atoms with Gasteiger partial charge in [0.2, 0.25) is 0 Å². The van der Waals surface area contributed by atoms with E-state index in [-0.39, 0.29) is 5.92 Å². The van der Waals surface area contributed by atoms with Gasteiger partial charge in [-0.3, -0.25) is 4.98 Å². The Balaban J connectivity index is 2.16. The van der Waals surface area contributed by atoms with E-state index < -0.39 is 0 Å². The summed E-state index contributed by atoms with van der Waals surface area (Å²) in [6.45, 7) is 4.17. The van der Waals surface area contributed by atoms with Gasteiger partial charge in [-0.15, -0.1) is 0 Å². The van der Waals surface area contributed by atoms with E-state index in [1.54, 1.807) is 12.4 Å². The molecule has 0 spiro atoms. The summed E-state index contributed by atoms with van der Waals surface area (Å²) in [5, 5.41) is 0. The van der Waals surface area contributed by atoms with Crippen LogP contribution in [0.4, 0.5) is 0 Å². The highest BCUT2D eigenvalue weighted by Crippen LogP contribution is 2.22. The van der Waals surface area contributed by atoms with E-state index in [1.165, 1.54) is 0 Å². The van der Waals surface area contributed by atoms with Crippen molar-refractivity contribution < 1.29 is 0 Å². The van der Waals surface area contributed by atoms with Gasteiger partial charge < -0.3 is 0 Å². The monoisotopic (exact) mass is 276 g/mol. The Morgan fingerprint density at radius 2 is 1.29 bits per heavy atom. The van der Waals surface area contributed by atoms with E-state index in [0.717, 1.165) is 17.0 Å². The molecule has 0 N–H and O–H groups in total. The summed E-state index contributed by atoms with van der Waals surface area (Å²) in [5.41, 5.74) is 1.95. The number of hydrogen-bond acceptors (Lipinski definition) is 4. The van der Waals surface area contributed by atoms with Crippen molar-refractivity contribution in [3.63, 3.8) is 0 Å². The fourth-order valence-electron chi connectivity index (χ4n) is 2.00. The lowest BCUT2D eigenvalue weighted by atomic mass is 10.1. The molecule has 0 aliphatic heterocycles. The van der Waals surface area contributed by atoms with Crippen molar-refractivity contribution in [1.29, 1.82) is 0 Å². The molecule has 0 aliphatic carbocycles. The molecule has 0 unspecified atom stereocenters. The summed E-state index contributed by atoms with van der Waals surface area (Å²) in [5.74, 6) is 2.45. The fourth-order valence-corrected chi connectivity index (χ4v) is 2.00. The highest BCUT2D eigenvalue weighted by molar-refractivity contribution is 5.60. The van der Waals surface area contributed by atoms with E-state index in [4.69, 9.17) is 0 Å². The Kier molecular flexibility index (Phi) is 3.69. The largest absolute Gasteiger partial charge is 0.265 e. The number of aromatic nitrogens is 4. The normalized spacial score (nSPS) is 10.8. The van der Waals surface area contributed by atoms with Crippen LogP contribution in [0.1, 0.15) is 25.6 Å². The molecule has 4 nitrogen and oxygen atoms in total. The lowest BCUT2D eigenvalue weighted by Crippen LogP contribution is -2.04. The van der Waals surface area contributed by atoms with E-state index in [2.05, 4.69) is 33.8 Å². The second-order valence-electron chi connectivity index (χ2n) is 5.10. The van der Waals surface area contributed by atoms with E-state index in [1.807, 2.05) is 42.5 Å². The van der Waals surface area contributed by atoms with Gasteiger partial charge in [0.25, 0.3) is 0 Å². The third-order valence-corrected chi connectivity index (χ3v) is 3.14. The lowest BCUT2D eigenvalue weighted by molar-refractivity contribution is 0.766. The first-order valence-corrected chi connectivity index (χ1v) is 6.96. The summed E-state index contributed by atoms with van der Waals surface area (Å²) in [6, 6.07) is 13.8. The maximum Gasteiger partial charge on any atom is 0.163 e. The van der Waals surface area contributed by atoms with Crippen LogP contribution < -0.4 is 0 Å². The highest BCUT2D eigenvalue weighted by Gasteiger charge is 2.12. The number of nitrogens with zero attached hydrogens (tertiary/aromatic N) is 4. The Hall–Kier alpha value is -2.62. The quantitative estimate of drug-likeness (QED) is 0.731. The molecule has 1 aromatic carbocycles. The molecular weight excluding hydrogens is 260 g/mol. The van der Waals surface area contributed by atoms with Crippen molar-refractivity contribution in [2.75, 3.05) is 0 Å². The predicted octanol–water partition coefficient (Wildman–Crippen LogP) is 3.72. The second-order valence-corrected chi connectivity index (χ2v) is 5.10. The Morgan fingerprint density at radius 1 is 0.714 bits per heavy atom. The molecule has 104 valence electrons.